The Morgan fingerprint density at radius 1 is 1.25 bits per heavy atom. The van der Waals surface area contributed by atoms with Crippen LogP contribution >= 0.6 is 11.3 Å². The minimum absolute atomic E-state index is 0.0184. The summed E-state index contributed by atoms with van der Waals surface area (Å²) < 4.78 is 0. The van der Waals surface area contributed by atoms with Crippen LogP contribution < -0.4 is 0 Å². The monoisotopic (exact) mass is 342 g/mol. The second-order valence-corrected chi connectivity index (χ2v) is 8.25. The predicted molar refractivity (Wildman–Crippen MR) is 93.5 cm³/mol. The lowest BCUT2D eigenvalue weighted by molar-refractivity contribution is 0.0637. The molecule has 2 aromatic heterocycles. The number of likely N-dealkylation sites (tertiary alicyclic amines) is 1. The molecule has 0 saturated carbocycles. The lowest BCUT2D eigenvalue weighted by atomic mass is 9.77. The zero-order chi connectivity index (χ0) is 16.9. The van der Waals surface area contributed by atoms with Gasteiger partial charge in [0.15, 0.2) is 0 Å². The van der Waals surface area contributed by atoms with E-state index in [2.05, 4.69) is 9.97 Å². The van der Waals surface area contributed by atoms with E-state index in [9.17, 15) is 4.79 Å². The number of carbonyl (C=O) groups is 1. The summed E-state index contributed by atoms with van der Waals surface area (Å²) in [4.78, 5) is 29.4. The molecule has 4 rings (SSSR count). The molecule has 0 aromatic carbocycles. The van der Waals surface area contributed by atoms with E-state index in [1.165, 1.54) is 22.6 Å². The van der Waals surface area contributed by atoms with Crippen LogP contribution in [0.15, 0.2) is 6.20 Å². The fourth-order valence-corrected chi connectivity index (χ4v) is 5.09. The van der Waals surface area contributed by atoms with Gasteiger partial charge in [0.2, 0.25) is 0 Å². The van der Waals surface area contributed by atoms with Crippen LogP contribution in [0.5, 0.6) is 0 Å². The maximum atomic E-state index is 13.0. The van der Waals surface area contributed by atoms with Crippen molar-refractivity contribution in [2.75, 3.05) is 13.1 Å². The second-order valence-electron chi connectivity index (χ2n) is 7.05. The largest absolute Gasteiger partial charge is 0.337 e. The van der Waals surface area contributed by atoms with Gasteiger partial charge in [-0.1, -0.05) is 0 Å². The van der Waals surface area contributed by atoms with E-state index >= 15 is 0 Å². The maximum Gasteiger partial charge on any atom is 0.265 e. The highest BCUT2D eigenvalue weighted by Crippen LogP contribution is 2.44. The molecule has 2 aromatic rings. The number of nitrogens with zero attached hydrogens (tertiary/aromatic N) is 4. The standard InChI is InChI=1S/C18H22N4OS/c1-11-15(24-13(3)20-11)17(23)22-8-4-6-18(10-22)7-5-14-9-19-12(2)21-16(14)18/h9H,4-8,10H2,1-3H3. The van der Waals surface area contributed by atoms with Gasteiger partial charge in [-0.05, 0) is 52.0 Å². The van der Waals surface area contributed by atoms with Gasteiger partial charge >= 0.3 is 0 Å². The summed E-state index contributed by atoms with van der Waals surface area (Å²) in [6, 6.07) is 0. The molecular weight excluding hydrogens is 320 g/mol. The van der Waals surface area contributed by atoms with Crippen molar-refractivity contribution in [1.29, 1.82) is 0 Å². The number of piperidine rings is 1. The first-order chi connectivity index (χ1) is 11.5. The summed E-state index contributed by atoms with van der Waals surface area (Å²) in [5.74, 6) is 0.962. The molecule has 0 radical (unpaired) electrons. The van der Waals surface area contributed by atoms with Gasteiger partial charge in [-0.3, -0.25) is 4.79 Å². The maximum absolute atomic E-state index is 13.0. The number of amides is 1. The number of hydrogen-bond acceptors (Lipinski definition) is 5. The van der Waals surface area contributed by atoms with E-state index in [-0.39, 0.29) is 11.3 Å². The van der Waals surface area contributed by atoms with Gasteiger partial charge < -0.3 is 4.90 Å². The van der Waals surface area contributed by atoms with Crippen molar-refractivity contribution in [1.82, 2.24) is 19.9 Å². The highest BCUT2D eigenvalue weighted by molar-refractivity contribution is 7.13. The first-order valence-electron chi connectivity index (χ1n) is 8.55. The molecule has 2 aliphatic rings. The first kappa shape index (κ1) is 15.7. The van der Waals surface area contributed by atoms with E-state index in [0.717, 1.165) is 60.2 Å². The second kappa shape index (κ2) is 5.62. The Hall–Kier alpha value is -1.82. The lowest BCUT2D eigenvalue weighted by Gasteiger charge is -2.40. The van der Waals surface area contributed by atoms with Gasteiger partial charge in [0, 0.05) is 24.7 Å². The summed E-state index contributed by atoms with van der Waals surface area (Å²) in [6.45, 7) is 7.43. The number of thiazole rings is 1. The minimum Gasteiger partial charge on any atom is -0.337 e. The van der Waals surface area contributed by atoms with Crippen molar-refractivity contribution >= 4 is 17.2 Å². The highest BCUT2D eigenvalue weighted by Gasteiger charge is 2.45. The quantitative estimate of drug-likeness (QED) is 0.799. The normalized spacial score (nSPS) is 22.9. The van der Waals surface area contributed by atoms with Crippen LogP contribution in [0, 0.1) is 20.8 Å². The minimum atomic E-state index is 0.0184. The summed E-state index contributed by atoms with van der Waals surface area (Å²) in [5, 5.41) is 0.956. The number of aromatic nitrogens is 3. The third-order valence-corrected chi connectivity index (χ3v) is 6.38. The van der Waals surface area contributed by atoms with E-state index in [0.29, 0.717) is 0 Å². The van der Waals surface area contributed by atoms with Crippen molar-refractivity contribution in [3.8, 4) is 0 Å². The zero-order valence-electron chi connectivity index (χ0n) is 14.4. The molecule has 1 aliphatic heterocycles. The van der Waals surface area contributed by atoms with Gasteiger partial charge in [0.05, 0.1) is 16.4 Å². The van der Waals surface area contributed by atoms with E-state index in [1.807, 2.05) is 31.9 Å². The Morgan fingerprint density at radius 3 is 2.83 bits per heavy atom. The van der Waals surface area contributed by atoms with Crippen LogP contribution in [0.2, 0.25) is 0 Å². The third kappa shape index (κ3) is 2.44. The van der Waals surface area contributed by atoms with Crippen LogP contribution in [-0.2, 0) is 11.8 Å². The third-order valence-electron chi connectivity index (χ3n) is 5.32. The number of hydrogen-bond donors (Lipinski definition) is 0. The molecule has 3 heterocycles. The molecule has 24 heavy (non-hydrogen) atoms. The van der Waals surface area contributed by atoms with Crippen molar-refractivity contribution in [2.45, 2.75) is 51.9 Å². The Bertz CT molecular complexity index is 811. The molecule has 1 atom stereocenters. The summed E-state index contributed by atoms with van der Waals surface area (Å²) >= 11 is 1.51. The van der Waals surface area contributed by atoms with Crippen molar-refractivity contribution < 1.29 is 4.79 Å². The number of aryl methyl sites for hydroxylation is 4. The highest BCUT2D eigenvalue weighted by atomic mass is 32.1. The molecule has 1 fully saturated rings. The van der Waals surface area contributed by atoms with E-state index in [4.69, 9.17) is 4.98 Å². The van der Waals surface area contributed by atoms with Gasteiger partial charge in [-0.25, -0.2) is 15.0 Å². The summed E-state index contributed by atoms with van der Waals surface area (Å²) in [5.41, 5.74) is 3.32. The topological polar surface area (TPSA) is 59.0 Å². The molecule has 1 spiro atoms. The Morgan fingerprint density at radius 2 is 2.08 bits per heavy atom. The van der Waals surface area contributed by atoms with Gasteiger partial charge in [-0.15, -0.1) is 11.3 Å². The molecule has 1 saturated heterocycles. The zero-order valence-corrected chi connectivity index (χ0v) is 15.2. The average molecular weight is 342 g/mol. The van der Waals surface area contributed by atoms with Gasteiger partial charge in [-0.2, -0.15) is 0 Å². The Kier molecular flexibility index (Phi) is 3.67. The van der Waals surface area contributed by atoms with Crippen LogP contribution in [0.3, 0.4) is 0 Å². The van der Waals surface area contributed by atoms with Crippen molar-refractivity contribution in [3.63, 3.8) is 0 Å². The first-order valence-corrected chi connectivity index (χ1v) is 9.36. The lowest BCUT2D eigenvalue weighted by Crippen LogP contribution is -2.48. The SMILES string of the molecule is Cc1ncc2c(n1)C1(CCCN(C(=O)c3sc(C)nc3C)C1)CC2. The van der Waals surface area contributed by atoms with E-state index < -0.39 is 0 Å². The summed E-state index contributed by atoms with van der Waals surface area (Å²) in [6.07, 6.45) is 6.22. The smallest absolute Gasteiger partial charge is 0.265 e. The van der Waals surface area contributed by atoms with Crippen molar-refractivity contribution in [3.05, 3.63) is 38.9 Å². The fraction of sp³-hybridized carbons (Fsp3) is 0.556. The number of carbonyl (C=O) groups excluding carboxylic acids is 1. The molecule has 1 amide bonds. The van der Waals surface area contributed by atoms with Gasteiger partial charge in [0.25, 0.3) is 5.91 Å². The van der Waals surface area contributed by atoms with Gasteiger partial charge in [0.1, 0.15) is 10.7 Å². The molecule has 1 unspecified atom stereocenters. The number of rotatable bonds is 1. The number of fused-ring (bicyclic) bond motifs is 2. The molecule has 126 valence electrons. The summed E-state index contributed by atoms with van der Waals surface area (Å²) in [7, 11) is 0. The Labute approximate surface area is 146 Å². The fourth-order valence-electron chi connectivity index (χ4n) is 4.21. The van der Waals surface area contributed by atoms with Crippen molar-refractivity contribution in [2.24, 2.45) is 0 Å². The van der Waals surface area contributed by atoms with E-state index in [1.54, 1.807) is 0 Å². The molecule has 5 nitrogen and oxygen atoms in total. The van der Waals surface area contributed by atoms with Crippen LogP contribution in [-0.4, -0.2) is 38.8 Å². The molecule has 6 heteroatoms. The molecule has 0 bridgehead atoms. The van der Waals surface area contributed by atoms with Crippen LogP contribution in [0.25, 0.3) is 0 Å². The molecular formula is C18H22N4OS. The molecule has 0 N–H and O–H groups in total. The van der Waals surface area contributed by atoms with Crippen LogP contribution in [0.1, 0.15) is 56.7 Å². The predicted octanol–water partition coefficient (Wildman–Crippen LogP) is 2.98. The average Bonchev–Trinajstić information content (AvgIpc) is 3.07. The molecule has 1 aliphatic carbocycles. The van der Waals surface area contributed by atoms with Crippen LogP contribution in [0.4, 0.5) is 0 Å². The Balaban J connectivity index is 1.65.